The Hall–Kier alpha value is -0.990. The standard InChI is InChI=1S/C14H16BrN3S/c1-9(2)5-11-8-19-14(17-11)18-13-4-3-10(7-16)6-12(13)15/h3-4,6,9,11H,5,8H2,1-2H3,(H,17,18). The van der Waals surface area contributed by atoms with Crippen molar-refractivity contribution in [2.24, 2.45) is 10.9 Å². The molecule has 1 aliphatic heterocycles. The predicted octanol–water partition coefficient (Wildman–Crippen LogP) is 4.25. The first-order valence-electron chi connectivity index (χ1n) is 6.25. The van der Waals surface area contributed by atoms with Crippen molar-refractivity contribution in [3.05, 3.63) is 28.2 Å². The van der Waals surface area contributed by atoms with Crippen LogP contribution in [0.2, 0.25) is 0 Å². The summed E-state index contributed by atoms with van der Waals surface area (Å²) in [5, 5.41) is 13.1. The van der Waals surface area contributed by atoms with Gasteiger partial charge in [-0.05, 0) is 46.5 Å². The molecule has 1 N–H and O–H groups in total. The van der Waals surface area contributed by atoms with Gasteiger partial charge in [-0.1, -0.05) is 25.6 Å². The SMILES string of the molecule is CC(C)CC1CSC(Nc2ccc(C#N)cc2Br)=N1. The van der Waals surface area contributed by atoms with Crippen LogP contribution in [0.4, 0.5) is 5.69 Å². The predicted molar refractivity (Wildman–Crippen MR) is 85.6 cm³/mol. The Morgan fingerprint density at radius 2 is 2.37 bits per heavy atom. The van der Waals surface area contributed by atoms with Crippen LogP contribution in [0.3, 0.4) is 0 Å². The molecule has 0 aliphatic carbocycles. The molecule has 3 nitrogen and oxygen atoms in total. The van der Waals surface area contributed by atoms with Crippen LogP contribution < -0.4 is 5.32 Å². The van der Waals surface area contributed by atoms with E-state index >= 15 is 0 Å². The number of benzene rings is 1. The highest BCUT2D eigenvalue weighted by Crippen LogP contribution is 2.28. The first-order valence-corrected chi connectivity index (χ1v) is 8.03. The molecule has 0 aromatic heterocycles. The molecule has 5 heteroatoms. The highest BCUT2D eigenvalue weighted by Gasteiger charge is 2.19. The summed E-state index contributed by atoms with van der Waals surface area (Å²) in [6.07, 6.45) is 1.13. The first kappa shape index (κ1) is 14.4. The lowest BCUT2D eigenvalue weighted by molar-refractivity contribution is 0.529. The second-order valence-electron chi connectivity index (χ2n) is 4.96. The third-order valence-electron chi connectivity index (χ3n) is 2.80. The largest absolute Gasteiger partial charge is 0.334 e. The Kier molecular flexibility index (Phi) is 4.89. The molecule has 0 spiro atoms. The van der Waals surface area contributed by atoms with Crippen molar-refractivity contribution in [1.29, 1.82) is 5.26 Å². The van der Waals surface area contributed by atoms with E-state index in [2.05, 4.69) is 46.2 Å². The lowest BCUT2D eigenvalue weighted by Crippen LogP contribution is -2.08. The van der Waals surface area contributed by atoms with E-state index in [-0.39, 0.29) is 0 Å². The Morgan fingerprint density at radius 1 is 1.58 bits per heavy atom. The summed E-state index contributed by atoms with van der Waals surface area (Å²) in [5.41, 5.74) is 1.60. The van der Waals surface area contributed by atoms with E-state index in [0.717, 1.165) is 27.5 Å². The minimum absolute atomic E-state index is 0.421. The lowest BCUT2D eigenvalue weighted by Gasteiger charge is -2.08. The Labute approximate surface area is 126 Å². The Morgan fingerprint density at radius 3 is 3.00 bits per heavy atom. The van der Waals surface area contributed by atoms with Crippen LogP contribution in [0.15, 0.2) is 27.7 Å². The van der Waals surface area contributed by atoms with E-state index < -0.39 is 0 Å². The number of amidine groups is 1. The molecule has 0 bridgehead atoms. The monoisotopic (exact) mass is 337 g/mol. The van der Waals surface area contributed by atoms with Gasteiger partial charge in [0.1, 0.15) is 0 Å². The van der Waals surface area contributed by atoms with Gasteiger partial charge in [0.05, 0.1) is 23.4 Å². The Balaban J connectivity index is 2.04. The summed E-state index contributed by atoms with van der Waals surface area (Å²) < 4.78 is 0.891. The molecule has 100 valence electrons. The van der Waals surface area contributed by atoms with E-state index in [1.54, 1.807) is 17.8 Å². The van der Waals surface area contributed by atoms with E-state index in [1.807, 2.05) is 12.1 Å². The van der Waals surface area contributed by atoms with Crippen molar-refractivity contribution in [2.75, 3.05) is 11.1 Å². The van der Waals surface area contributed by atoms with Crippen molar-refractivity contribution < 1.29 is 0 Å². The van der Waals surface area contributed by atoms with Crippen LogP contribution in [-0.4, -0.2) is 17.0 Å². The normalized spacial score (nSPS) is 18.3. The van der Waals surface area contributed by atoms with Crippen molar-refractivity contribution in [2.45, 2.75) is 26.3 Å². The maximum absolute atomic E-state index is 8.84. The molecule has 1 unspecified atom stereocenters. The van der Waals surface area contributed by atoms with Crippen LogP contribution in [-0.2, 0) is 0 Å². The summed E-state index contributed by atoms with van der Waals surface area (Å²) in [6.45, 7) is 4.45. The number of hydrogen-bond acceptors (Lipinski definition) is 4. The van der Waals surface area contributed by atoms with E-state index in [1.165, 1.54) is 0 Å². The van der Waals surface area contributed by atoms with Crippen LogP contribution in [0.5, 0.6) is 0 Å². The first-order chi connectivity index (χ1) is 9.08. The molecular weight excluding hydrogens is 322 g/mol. The van der Waals surface area contributed by atoms with Crippen LogP contribution in [0.1, 0.15) is 25.8 Å². The molecule has 1 aromatic rings. The number of hydrogen-bond donors (Lipinski definition) is 1. The number of aliphatic imine (C=N–C) groups is 1. The zero-order valence-electron chi connectivity index (χ0n) is 11.0. The zero-order chi connectivity index (χ0) is 13.8. The molecule has 1 atom stereocenters. The average molecular weight is 338 g/mol. The summed E-state index contributed by atoms with van der Waals surface area (Å²) in [6, 6.07) is 8.07. The minimum Gasteiger partial charge on any atom is -0.334 e. The smallest absolute Gasteiger partial charge is 0.161 e. The molecule has 19 heavy (non-hydrogen) atoms. The van der Waals surface area contributed by atoms with Crippen molar-refractivity contribution in [3.8, 4) is 6.07 Å². The molecule has 0 fully saturated rings. The highest BCUT2D eigenvalue weighted by atomic mass is 79.9. The van der Waals surface area contributed by atoms with E-state index in [9.17, 15) is 0 Å². The topological polar surface area (TPSA) is 48.2 Å². The fraction of sp³-hybridized carbons (Fsp3) is 0.429. The molecule has 1 aromatic carbocycles. The summed E-state index contributed by atoms with van der Waals surface area (Å²) >= 11 is 5.23. The number of thioether (sulfide) groups is 1. The molecule has 0 radical (unpaired) electrons. The third-order valence-corrected chi connectivity index (χ3v) is 4.48. The second-order valence-corrected chi connectivity index (χ2v) is 6.82. The van der Waals surface area contributed by atoms with Gasteiger partial charge in [0, 0.05) is 10.2 Å². The molecular formula is C14H16BrN3S. The van der Waals surface area contributed by atoms with Gasteiger partial charge in [-0.3, -0.25) is 4.99 Å². The molecule has 0 saturated heterocycles. The lowest BCUT2D eigenvalue weighted by atomic mass is 10.1. The molecule has 0 saturated carbocycles. The van der Waals surface area contributed by atoms with Crippen LogP contribution >= 0.6 is 27.7 Å². The van der Waals surface area contributed by atoms with Gasteiger partial charge in [-0.15, -0.1) is 0 Å². The quantitative estimate of drug-likeness (QED) is 0.896. The maximum Gasteiger partial charge on any atom is 0.161 e. The molecule has 0 amide bonds. The van der Waals surface area contributed by atoms with E-state index in [0.29, 0.717) is 17.5 Å². The molecule has 2 rings (SSSR count). The van der Waals surface area contributed by atoms with Gasteiger partial charge in [0.15, 0.2) is 5.17 Å². The zero-order valence-corrected chi connectivity index (χ0v) is 13.4. The number of rotatable bonds is 3. The van der Waals surface area contributed by atoms with Gasteiger partial charge < -0.3 is 5.32 Å². The number of nitriles is 1. The number of nitrogens with one attached hydrogen (secondary N) is 1. The van der Waals surface area contributed by atoms with Gasteiger partial charge in [-0.25, -0.2) is 0 Å². The molecule has 1 heterocycles. The van der Waals surface area contributed by atoms with Gasteiger partial charge in [-0.2, -0.15) is 5.26 Å². The number of anilines is 1. The fourth-order valence-corrected chi connectivity index (χ4v) is 3.39. The van der Waals surface area contributed by atoms with Gasteiger partial charge in [0.2, 0.25) is 0 Å². The van der Waals surface area contributed by atoms with Crippen LogP contribution in [0, 0.1) is 17.2 Å². The van der Waals surface area contributed by atoms with Gasteiger partial charge in [0.25, 0.3) is 0 Å². The minimum atomic E-state index is 0.421. The third kappa shape index (κ3) is 3.99. The van der Waals surface area contributed by atoms with Crippen LogP contribution in [0.25, 0.3) is 0 Å². The highest BCUT2D eigenvalue weighted by molar-refractivity contribution is 9.10. The summed E-state index contributed by atoms with van der Waals surface area (Å²) in [4.78, 5) is 4.69. The second kappa shape index (κ2) is 6.44. The number of nitrogens with zero attached hydrogens (tertiary/aromatic N) is 2. The average Bonchev–Trinajstić information content (AvgIpc) is 2.78. The fourth-order valence-electron chi connectivity index (χ4n) is 1.95. The summed E-state index contributed by atoms with van der Waals surface area (Å²) in [5.74, 6) is 1.73. The molecule has 1 aliphatic rings. The maximum atomic E-state index is 8.84. The summed E-state index contributed by atoms with van der Waals surface area (Å²) in [7, 11) is 0. The van der Waals surface area contributed by atoms with Crippen molar-refractivity contribution >= 4 is 38.5 Å². The van der Waals surface area contributed by atoms with E-state index in [4.69, 9.17) is 5.26 Å². The Bertz CT molecular complexity index is 534. The number of halogens is 1. The van der Waals surface area contributed by atoms with Crippen molar-refractivity contribution in [3.63, 3.8) is 0 Å². The van der Waals surface area contributed by atoms with Gasteiger partial charge >= 0.3 is 0 Å². The van der Waals surface area contributed by atoms with Crippen molar-refractivity contribution in [1.82, 2.24) is 0 Å².